The van der Waals surface area contributed by atoms with Gasteiger partial charge in [-0.1, -0.05) is 30.4 Å². The fourth-order valence-electron chi connectivity index (χ4n) is 2.96. The molecule has 2 aromatic rings. The number of methoxy groups -OCH3 is 1. The lowest BCUT2D eigenvalue weighted by Crippen LogP contribution is -2.12. The van der Waals surface area contributed by atoms with Gasteiger partial charge in [0.2, 0.25) is 5.91 Å². The molecule has 1 atom stereocenters. The topological polar surface area (TPSA) is 48.3 Å². The van der Waals surface area contributed by atoms with E-state index in [2.05, 4.69) is 16.9 Å². The molecule has 23 heavy (non-hydrogen) atoms. The Morgan fingerprint density at radius 3 is 2.91 bits per heavy atom. The summed E-state index contributed by atoms with van der Waals surface area (Å²) >= 11 is 0. The van der Waals surface area contributed by atoms with Crippen molar-refractivity contribution in [3.05, 3.63) is 54.3 Å². The highest BCUT2D eigenvalue weighted by molar-refractivity contribution is 5.99. The Morgan fingerprint density at radius 2 is 2.17 bits per heavy atom. The summed E-state index contributed by atoms with van der Waals surface area (Å²) < 4.78 is 6.31. The number of ether oxygens (including phenoxy) is 1. The van der Waals surface area contributed by atoms with Crippen LogP contribution < -0.4 is 0 Å². The van der Waals surface area contributed by atoms with Gasteiger partial charge in [0.05, 0.1) is 12.6 Å². The largest absolute Gasteiger partial charge is 0.466 e. The van der Waals surface area contributed by atoms with E-state index in [1.807, 2.05) is 24.3 Å². The number of hydrogen-bond donors (Lipinski definition) is 0. The smallest absolute Gasteiger partial charge is 0.330 e. The van der Waals surface area contributed by atoms with Gasteiger partial charge < -0.3 is 4.74 Å². The highest BCUT2D eigenvalue weighted by atomic mass is 16.5. The molecule has 1 aromatic heterocycles. The summed E-state index contributed by atoms with van der Waals surface area (Å²) in [4.78, 5) is 23.9. The zero-order valence-electron chi connectivity index (χ0n) is 13.1. The minimum Gasteiger partial charge on any atom is -0.466 e. The third kappa shape index (κ3) is 3.26. The molecule has 1 aromatic carbocycles. The molecule has 0 fully saturated rings. The molecule has 1 aliphatic rings. The number of hydrogen-bond acceptors (Lipinski definition) is 3. The fourth-order valence-corrected chi connectivity index (χ4v) is 2.96. The first kappa shape index (κ1) is 15.3. The van der Waals surface area contributed by atoms with Crippen molar-refractivity contribution < 1.29 is 14.3 Å². The van der Waals surface area contributed by atoms with E-state index in [0.29, 0.717) is 12.3 Å². The molecule has 0 radical (unpaired) electrons. The van der Waals surface area contributed by atoms with E-state index in [0.717, 1.165) is 29.3 Å². The Labute approximate surface area is 135 Å². The highest BCUT2D eigenvalue weighted by Gasteiger charge is 2.17. The van der Waals surface area contributed by atoms with Crippen molar-refractivity contribution in [1.29, 1.82) is 0 Å². The second-order valence-corrected chi connectivity index (χ2v) is 5.69. The first-order valence-corrected chi connectivity index (χ1v) is 7.75. The summed E-state index contributed by atoms with van der Waals surface area (Å²) in [5.41, 5.74) is 1.70. The number of fused-ring (bicyclic) bond motifs is 1. The van der Waals surface area contributed by atoms with Gasteiger partial charge in [0.25, 0.3) is 0 Å². The highest BCUT2D eigenvalue weighted by Crippen LogP contribution is 2.26. The van der Waals surface area contributed by atoms with Gasteiger partial charge in [-0.3, -0.25) is 9.36 Å². The number of rotatable bonds is 4. The molecule has 0 amide bonds. The van der Waals surface area contributed by atoms with Crippen molar-refractivity contribution in [1.82, 2.24) is 4.57 Å². The number of carbonyl (C=O) groups excluding carboxylic acids is 2. The molecule has 1 aliphatic carbocycles. The number of aromatic nitrogens is 1. The van der Waals surface area contributed by atoms with Gasteiger partial charge in [-0.15, -0.1) is 0 Å². The average molecular weight is 309 g/mol. The van der Waals surface area contributed by atoms with Crippen LogP contribution in [-0.4, -0.2) is 23.6 Å². The van der Waals surface area contributed by atoms with Crippen LogP contribution in [0.25, 0.3) is 17.0 Å². The van der Waals surface area contributed by atoms with Gasteiger partial charge >= 0.3 is 5.97 Å². The number of benzene rings is 1. The summed E-state index contributed by atoms with van der Waals surface area (Å²) in [6, 6.07) is 7.71. The normalized spacial score (nSPS) is 17.2. The lowest BCUT2D eigenvalue weighted by Gasteiger charge is -2.08. The molecule has 0 saturated heterocycles. The predicted octanol–water partition coefficient (Wildman–Crippen LogP) is 3.82. The van der Waals surface area contributed by atoms with E-state index in [4.69, 9.17) is 0 Å². The maximum Gasteiger partial charge on any atom is 0.330 e. The summed E-state index contributed by atoms with van der Waals surface area (Å²) in [5.74, 6) is -0.00237. The monoisotopic (exact) mass is 309 g/mol. The number of para-hydroxylation sites is 1. The zero-order valence-corrected chi connectivity index (χ0v) is 13.1. The van der Waals surface area contributed by atoms with Crippen LogP contribution in [0, 0.1) is 5.92 Å². The van der Waals surface area contributed by atoms with E-state index in [9.17, 15) is 9.59 Å². The molecule has 118 valence electrons. The Kier molecular flexibility index (Phi) is 4.42. The van der Waals surface area contributed by atoms with Crippen molar-refractivity contribution in [2.24, 2.45) is 5.92 Å². The van der Waals surface area contributed by atoms with Crippen molar-refractivity contribution in [2.75, 3.05) is 7.11 Å². The first-order chi connectivity index (χ1) is 11.2. The van der Waals surface area contributed by atoms with E-state index < -0.39 is 5.97 Å². The lowest BCUT2D eigenvalue weighted by molar-refractivity contribution is -0.134. The molecule has 4 nitrogen and oxygen atoms in total. The summed E-state index contributed by atoms with van der Waals surface area (Å²) in [7, 11) is 1.34. The van der Waals surface area contributed by atoms with Crippen LogP contribution >= 0.6 is 0 Å². The van der Waals surface area contributed by atoms with Crippen LogP contribution in [0.3, 0.4) is 0 Å². The fraction of sp³-hybridized carbons (Fsp3) is 0.263. The number of allylic oxidation sites excluding steroid dienone is 2. The molecule has 0 N–H and O–H groups in total. The SMILES string of the molecule is COC(=O)/C=C/c1cn(C(=O)CC2C=CCC2)c2ccccc12. The van der Waals surface area contributed by atoms with Crippen LogP contribution in [-0.2, 0) is 9.53 Å². The summed E-state index contributed by atoms with van der Waals surface area (Å²) in [5, 5.41) is 0.947. The molecule has 3 rings (SSSR count). The molecular weight excluding hydrogens is 290 g/mol. The maximum atomic E-state index is 12.6. The quantitative estimate of drug-likeness (QED) is 0.490. The van der Waals surface area contributed by atoms with Crippen LogP contribution in [0.15, 0.2) is 48.7 Å². The van der Waals surface area contributed by atoms with Crippen molar-refractivity contribution in [3.8, 4) is 0 Å². The van der Waals surface area contributed by atoms with Crippen molar-refractivity contribution >= 4 is 28.9 Å². The number of carbonyl (C=O) groups is 2. The van der Waals surface area contributed by atoms with Crippen molar-refractivity contribution in [3.63, 3.8) is 0 Å². The molecule has 0 saturated carbocycles. The van der Waals surface area contributed by atoms with Gasteiger partial charge in [0.15, 0.2) is 0 Å². The molecular formula is C19H19NO3. The third-order valence-corrected chi connectivity index (χ3v) is 4.16. The maximum absolute atomic E-state index is 12.6. The van der Waals surface area contributed by atoms with E-state index in [1.165, 1.54) is 13.2 Å². The molecule has 0 aliphatic heterocycles. The predicted molar refractivity (Wildman–Crippen MR) is 90.1 cm³/mol. The molecule has 4 heteroatoms. The molecule has 0 bridgehead atoms. The summed E-state index contributed by atoms with van der Waals surface area (Å²) in [6.45, 7) is 0. The Bertz CT molecular complexity index is 798. The van der Waals surface area contributed by atoms with E-state index in [1.54, 1.807) is 16.8 Å². The molecule has 1 unspecified atom stereocenters. The standard InChI is InChI=1S/C19H19NO3/c1-23-19(22)11-10-15-13-20(17-9-5-4-8-16(15)17)18(21)12-14-6-2-3-7-14/h2,4-6,8-11,13-14H,3,7,12H2,1H3/b11-10+. The van der Waals surface area contributed by atoms with E-state index in [-0.39, 0.29) is 5.91 Å². The van der Waals surface area contributed by atoms with Crippen LogP contribution in [0.5, 0.6) is 0 Å². The van der Waals surface area contributed by atoms with Gasteiger partial charge in [-0.2, -0.15) is 0 Å². The zero-order chi connectivity index (χ0) is 16.2. The minimum absolute atomic E-state index is 0.0791. The van der Waals surface area contributed by atoms with Gasteiger partial charge in [0, 0.05) is 29.6 Å². The molecule has 0 spiro atoms. The van der Waals surface area contributed by atoms with Crippen LogP contribution in [0.1, 0.15) is 29.6 Å². The minimum atomic E-state index is -0.413. The Hall–Kier alpha value is -2.62. The number of esters is 1. The summed E-state index contributed by atoms with van der Waals surface area (Å²) in [6.07, 6.45) is 11.7. The Morgan fingerprint density at radius 1 is 1.35 bits per heavy atom. The second-order valence-electron chi connectivity index (χ2n) is 5.69. The van der Waals surface area contributed by atoms with E-state index >= 15 is 0 Å². The van der Waals surface area contributed by atoms with Crippen LogP contribution in [0.4, 0.5) is 0 Å². The van der Waals surface area contributed by atoms with Crippen molar-refractivity contribution in [2.45, 2.75) is 19.3 Å². The third-order valence-electron chi connectivity index (χ3n) is 4.16. The van der Waals surface area contributed by atoms with Gasteiger partial charge in [-0.25, -0.2) is 4.79 Å². The second kappa shape index (κ2) is 6.65. The average Bonchev–Trinajstić information content (AvgIpc) is 3.20. The van der Waals surface area contributed by atoms with Gasteiger partial charge in [0.1, 0.15) is 0 Å². The van der Waals surface area contributed by atoms with Gasteiger partial charge in [-0.05, 0) is 30.9 Å². The first-order valence-electron chi connectivity index (χ1n) is 7.75. The lowest BCUT2D eigenvalue weighted by atomic mass is 10.1. The van der Waals surface area contributed by atoms with Crippen LogP contribution in [0.2, 0.25) is 0 Å². The molecule has 1 heterocycles. The number of nitrogens with zero attached hydrogens (tertiary/aromatic N) is 1. The Balaban J connectivity index is 1.93.